The highest BCUT2D eigenvalue weighted by Crippen LogP contribution is 2.44. The molecule has 2 heterocycles. The van der Waals surface area contributed by atoms with Crippen molar-refractivity contribution in [3.8, 4) is 0 Å². The molecule has 0 amide bonds. The molecule has 1 N–H and O–H groups in total. The molecule has 28 heavy (non-hydrogen) atoms. The summed E-state index contributed by atoms with van der Waals surface area (Å²) < 4.78 is 11.7. The molecule has 0 saturated heterocycles. The second-order valence-corrected chi connectivity index (χ2v) is 8.92. The number of nitrogens with one attached hydrogen (secondary N) is 1. The Bertz CT molecular complexity index is 737. The summed E-state index contributed by atoms with van der Waals surface area (Å²) in [4.78, 5) is 26.8. The van der Waals surface area contributed by atoms with Crippen LogP contribution in [0.15, 0.2) is 38.5 Å². The number of halogens is 1. The highest BCUT2D eigenvalue weighted by Gasteiger charge is 2.40. The van der Waals surface area contributed by atoms with Crippen LogP contribution in [0.4, 0.5) is 0 Å². The number of hydrogen-bond acceptors (Lipinski definition) is 6. The van der Waals surface area contributed by atoms with Gasteiger partial charge in [0.1, 0.15) is 0 Å². The van der Waals surface area contributed by atoms with Crippen molar-refractivity contribution in [3.63, 3.8) is 0 Å². The van der Waals surface area contributed by atoms with Gasteiger partial charge in [0.15, 0.2) is 0 Å². The lowest BCUT2D eigenvalue weighted by molar-refractivity contribution is -0.139. The normalized spacial score (nSPS) is 14.9. The molecule has 1 aliphatic heterocycles. The number of dihydropyridines is 1. The molecular formula is C21H28BrNO4S. The van der Waals surface area contributed by atoms with E-state index >= 15 is 0 Å². The van der Waals surface area contributed by atoms with Gasteiger partial charge in [0.2, 0.25) is 0 Å². The van der Waals surface area contributed by atoms with Gasteiger partial charge in [-0.25, -0.2) is 9.59 Å². The number of allylic oxidation sites excluding steroid dienone is 2. The summed E-state index contributed by atoms with van der Waals surface area (Å²) >= 11 is 5.02. The SMILES string of the molecule is CCCC1=C(C(=O)OCC)C(c2ccc(Br)s2)C(C(=O)OCC)=C(CCC)N1. The van der Waals surface area contributed by atoms with Gasteiger partial charge in [0.05, 0.1) is 34.1 Å². The van der Waals surface area contributed by atoms with Crippen LogP contribution in [-0.4, -0.2) is 25.2 Å². The van der Waals surface area contributed by atoms with Gasteiger partial charge in [-0.1, -0.05) is 26.7 Å². The maximum absolute atomic E-state index is 13.0. The van der Waals surface area contributed by atoms with Gasteiger partial charge < -0.3 is 14.8 Å². The summed E-state index contributed by atoms with van der Waals surface area (Å²) in [6, 6.07) is 3.89. The highest BCUT2D eigenvalue weighted by molar-refractivity contribution is 9.11. The topological polar surface area (TPSA) is 64.6 Å². The number of carbonyl (C=O) groups is 2. The molecule has 1 aromatic heterocycles. The zero-order valence-electron chi connectivity index (χ0n) is 16.9. The Morgan fingerprint density at radius 1 is 0.964 bits per heavy atom. The maximum atomic E-state index is 13.0. The van der Waals surface area contributed by atoms with E-state index in [4.69, 9.17) is 9.47 Å². The Morgan fingerprint density at radius 2 is 1.46 bits per heavy atom. The van der Waals surface area contributed by atoms with E-state index < -0.39 is 5.92 Å². The predicted molar refractivity (Wildman–Crippen MR) is 115 cm³/mol. The number of rotatable bonds is 9. The Balaban J connectivity index is 2.71. The van der Waals surface area contributed by atoms with Crippen LogP contribution in [0, 0.1) is 0 Å². The lowest BCUT2D eigenvalue weighted by atomic mass is 9.82. The van der Waals surface area contributed by atoms with Crippen molar-refractivity contribution in [2.45, 2.75) is 59.3 Å². The van der Waals surface area contributed by atoms with Crippen molar-refractivity contribution >= 4 is 39.2 Å². The number of ether oxygens (including phenoxy) is 2. The van der Waals surface area contributed by atoms with Crippen molar-refractivity contribution < 1.29 is 19.1 Å². The molecule has 0 aromatic carbocycles. The second kappa shape index (κ2) is 10.8. The maximum Gasteiger partial charge on any atom is 0.336 e. The van der Waals surface area contributed by atoms with Crippen LogP contribution in [0.3, 0.4) is 0 Å². The first kappa shape index (κ1) is 22.7. The Hall–Kier alpha value is -1.60. The first-order valence-electron chi connectivity index (χ1n) is 9.80. The van der Waals surface area contributed by atoms with Crippen LogP contribution in [0.5, 0.6) is 0 Å². The molecule has 154 valence electrons. The number of carbonyl (C=O) groups excluding carboxylic acids is 2. The summed E-state index contributed by atoms with van der Waals surface area (Å²) in [6.45, 7) is 8.27. The van der Waals surface area contributed by atoms with E-state index in [0.29, 0.717) is 24.0 Å². The summed E-state index contributed by atoms with van der Waals surface area (Å²) in [7, 11) is 0. The van der Waals surface area contributed by atoms with Crippen LogP contribution in [0.1, 0.15) is 64.2 Å². The van der Waals surface area contributed by atoms with E-state index in [1.54, 1.807) is 13.8 Å². The van der Waals surface area contributed by atoms with Gasteiger partial charge in [-0.05, 0) is 54.8 Å². The molecule has 0 saturated carbocycles. The van der Waals surface area contributed by atoms with E-state index in [1.165, 1.54) is 11.3 Å². The minimum Gasteiger partial charge on any atom is -0.463 e. The van der Waals surface area contributed by atoms with E-state index in [2.05, 4.69) is 35.1 Å². The molecule has 0 radical (unpaired) electrons. The van der Waals surface area contributed by atoms with Gasteiger partial charge in [0, 0.05) is 16.3 Å². The number of hydrogen-bond donors (Lipinski definition) is 1. The average molecular weight is 470 g/mol. The van der Waals surface area contributed by atoms with E-state index in [9.17, 15) is 9.59 Å². The predicted octanol–water partition coefficient (Wildman–Crippen LogP) is 5.43. The fourth-order valence-electron chi connectivity index (χ4n) is 3.37. The standard InChI is InChI=1S/C21H28BrNO4S/c1-5-9-13-17(20(24)26-7-3)19(15-11-12-16(22)28-15)18(21(25)27-8-4)14(23-13)10-6-2/h11-12,19,23H,5-10H2,1-4H3. The van der Waals surface area contributed by atoms with Crippen molar-refractivity contribution in [1.29, 1.82) is 0 Å². The number of esters is 2. The number of thiophene rings is 1. The molecule has 0 unspecified atom stereocenters. The van der Waals surface area contributed by atoms with E-state index in [-0.39, 0.29) is 25.2 Å². The molecule has 0 fully saturated rings. The van der Waals surface area contributed by atoms with E-state index in [0.717, 1.165) is 32.9 Å². The molecule has 7 heteroatoms. The Morgan fingerprint density at radius 3 is 1.82 bits per heavy atom. The molecule has 0 aliphatic carbocycles. The molecule has 0 spiro atoms. The van der Waals surface area contributed by atoms with Crippen molar-refractivity contribution in [2.75, 3.05) is 13.2 Å². The van der Waals surface area contributed by atoms with Crippen molar-refractivity contribution in [1.82, 2.24) is 5.32 Å². The molecule has 0 atom stereocenters. The third-order valence-electron chi connectivity index (χ3n) is 4.40. The lowest BCUT2D eigenvalue weighted by Gasteiger charge is -2.32. The van der Waals surface area contributed by atoms with Crippen molar-refractivity contribution in [2.24, 2.45) is 0 Å². The summed E-state index contributed by atoms with van der Waals surface area (Å²) in [6.07, 6.45) is 3.17. The molecule has 0 bridgehead atoms. The third kappa shape index (κ3) is 5.06. The quantitative estimate of drug-likeness (QED) is 0.488. The zero-order chi connectivity index (χ0) is 20.7. The lowest BCUT2D eigenvalue weighted by Crippen LogP contribution is -2.34. The van der Waals surface area contributed by atoms with Gasteiger partial charge in [-0.2, -0.15) is 0 Å². The summed E-state index contributed by atoms with van der Waals surface area (Å²) in [5.74, 6) is -1.26. The van der Waals surface area contributed by atoms with Crippen molar-refractivity contribution in [3.05, 3.63) is 43.3 Å². The molecule has 2 rings (SSSR count). The largest absolute Gasteiger partial charge is 0.463 e. The van der Waals surface area contributed by atoms with Crippen LogP contribution in [-0.2, 0) is 19.1 Å². The minimum absolute atomic E-state index is 0.281. The van der Waals surface area contributed by atoms with Crippen LogP contribution < -0.4 is 5.32 Å². The van der Waals surface area contributed by atoms with E-state index in [1.807, 2.05) is 12.1 Å². The van der Waals surface area contributed by atoms with Gasteiger partial charge in [-0.15, -0.1) is 11.3 Å². The highest BCUT2D eigenvalue weighted by atomic mass is 79.9. The first-order chi connectivity index (χ1) is 13.5. The summed E-state index contributed by atoms with van der Waals surface area (Å²) in [5.41, 5.74) is 2.71. The Kier molecular flexibility index (Phi) is 8.76. The summed E-state index contributed by atoms with van der Waals surface area (Å²) in [5, 5.41) is 3.39. The molecular weight excluding hydrogens is 442 g/mol. The minimum atomic E-state index is -0.487. The second-order valence-electron chi connectivity index (χ2n) is 6.43. The Labute approximate surface area is 179 Å². The zero-order valence-corrected chi connectivity index (χ0v) is 19.3. The smallest absolute Gasteiger partial charge is 0.336 e. The third-order valence-corrected chi connectivity index (χ3v) is 6.09. The fraction of sp³-hybridized carbons (Fsp3) is 0.524. The first-order valence-corrected chi connectivity index (χ1v) is 11.4. The molecule has 1 aliphatic rings. The van der Waals surface area contributed by atoms with Crippen LogP contribution in [0.2, 0.25) is 0 Å². The monoisotopic (exact) mass is 469 g/mol. The van der Waals surface area contributed by atoms with Gasteiger partial charge in [-0.3, -0.25) is 0 Å². The molecule has 1 aromatic rings. The fourth-order valence-corrected chi connectivity index (χ4v) is 4.92. The van der Waals surface area contributed by atoms with Crippen LogP contribution >= 0.6 is 27.3 Å². The van der Waals surface area contributed by atoms with Gasteiger partial charge in [0.25, 0.3) is 0 Å². The van der Waals surface area contributed by atoms with Crippen LogP contribution in [0.25, 0.3) is 0 Å². The van der Waals surface area contributed by atoms with Gasteiger partial charge >= 0.3 is 11.9 Å². The molecule has 5 nitrogen and oxygen atoms in total. The average Bonchev–Trinajstić information content (AvgIpc) is 3.08.